The highest BCUT2D eigenvalue weighted by atomic mass is 16.1. The molecule has 0 saturated carbocycles. The van der Waals surface area contributed by atoms with E-state index in [-0.39, 0.29) is 5.78 Å². The summed E-state index contributed by atoms with van der Waals surface area (Å²) in [5.74, 6) is 0.194. The maximum absolute atomic E-state index is 12.3. The molecule has 1 rings (SSSR count). The van der Waals surface area contributed by atoms with Crippen molar-refractivity contribution in [3.8, 4) is 0 Å². The van der Waals surface area contributed by atoms with E-state index in [4.69, 9.17) is 5.73 Å². The summed E-state index contributed by atoms with van der Waals surface area (Å²) in [5, 5.41) is 0. The molecule has 0 amide bonds. The first-order valence-electron chi connectivity index (χ1n) is 8.20. The number of aryl methyl sites for hydroxylation is 1. The number of rotatable bonds is 10. The Kier molecular flexibility index (Phi) is 8.06. The summed E-state index contributed by atoms with van der Waals surface area (Å²) in [4.78, 5) is 14.7. The quantitative estimate of drug-likeness (QED) is 0.522. The van der Waals surface area contributed by atoms with Crippen molar-refractivity contribution >= 4 is 11.5 Å². The Labute approximate surface area is 129 Å². The number of hydrogen-bond acceptors (Lipinski definition) is 3. The van der Waals surface area contributed by atoms with Crippen LogP contribution in [0, 0.1) is 6.92 Å². The van der Waals surface area contributed by atoms with Gasteiger partial charge in [0.05, 0.1) is 0 Å². The van der Waals surface area contributed by atoms with Gasteiger partial charge in [-0.1, -0.05) is 38.8 Å². The first kappa shape index (κ1) is 17.7. The van der Waals surface area contributed by atoms with Crippen LogP contribution in [-0.4, -0.2) is 30.3 Å². The monoisotopic (exact) mass is 290 g/mol. The van der Waals surface area contributed by atoms with E-state index in [0.717, 1.165) is 30.8 Å². The van der Waals surface area contributed by atoms with Crippen molar-refractivity contribution in [3.63, 3.8) is 0 Å². The highest BCUT2D eigenvalue weighted by Gasteiger charge is 2.10. The lowest BCUT2D eigenvalue weighted by Crippen LogP contribution is -2.28. The first-order chi connectivity index (χ1) is 10.1. The van der Waals surface area contributed by atoms with Gasteiger partial charge in [-0.2, -0.15) is 0 Å². The first-order valence-corrected chi connectivity index (χ1v) is 8.20. The molecule has 3 heteroatoms. The molecule has 0 saturated heterocycles. The number of nitrogens with zero attached hydrogens (tertiary/aromatic N) is 1. The van der Waals surface area contributed by atoms with Gasteiger partial charge in [-0.15, -0.1) is 0 Å². The van der Waals surface area contributed by atoms with Gasteiger partial charge in [0.2, 0.25) is 0 Å². The van der Waals surface area contributed by atoms with E-state index in [1.165, 1.54) is 25.7 Å². The topological polar surface area (TPSA) is 46.3 Å². The molecular formula is C18H30N2O. The molecule has 0 fully saturated rings. The normalized spacial score (nSPS) is 11.0. The lowest BCUT2D eigenvalue weighted by atomic mass is 10.0. The fourth-order valence-electron chi connectivity index (χ4n) is 2.32. The molecule has 1 aromatic carbocycles. The fraction of sp³-hybridized carbons (Fsp3) is 0.611. The fourth-order valence-corrected chi connectivity index (χ4v) is 2.32. The van der Waals surface area contributed by atoms with Crippen molar-refractivity contribution in [1.82, 2.24) is 4.90 Å². The Morgan fingerprint density at radius 3 is 2.24 bits per heavy atom. The third-order valence-electron chi connectivity index (χ3n) is 3.91. The van der Waals surface area contributed by atoms with Crippen LogP contribution in [-0.2, 0) is 0 Å². The Morgan fingerprint density at radius 2 is 1.71 bits per heavy atom. The zero-order valence-corrected chi connectivity index (χ0v) is 13.8. The zero-order valence-electron chi connectivity index (χ0n) is 13.8. The molecule has 0 aromatic heterocycles. The Hall–Kier alpha value is -1.35. The predicted molar refractivity (Wildman–Crippen MR) is 90.8 cm³/mol. The van der Waals surface area contributed by atoms with Crippen LogP contribution in [0.15, 0.2) is 18.2 Å². The van der Waals surface area contributed by atoms with Crippen LogP contribution in [0.2, 0.25) is 0 Å². The van der Waals surface area contributed by atoms with Crippen molar-refractivity contribution in [1.29, 1.82) is 0 Å². The minimum atomic E-state index is 0.194. The van der Waals surface area contributed by atoms with E-state index in [1.54, 1.807) is 6.07 Å². The van der Waals surface area contributed by atoms with Crippen LogP contribution in [0.1, 0.15) is 61.9 Å². The molecule has 0 unspecified atom stereocenters. The lowest BCUT2D eigenvalue weighted by Gasteiger charge is -2.21. The van der Waals surface area contributed by atoms with Gasteiger partial charge in [0.1, 0.15) is 0 Å². The van der Waals surface area contributed by atoms with Gasteiger partial charge in [0.25, 0.3) is 0 Å². The Morgan fingerprint density at radius 1 is 1.10 bits per heavy atom. The maximum atomic E-state index is 12.3. The third-order valence-corrected chi connectivity index (χ3v) is 3.91. The second-order valence-electron chi connectivity index (χ2n) is 5.79. The van der Waals surface area contributed by atoms with Crippen LogP contribution >= 0.6 is 0 Å². The summed E-state index contributed by atoms with van der Waals surface area (Å²) >= 11 is 0. The molecule has 3 nitrogen and oxygen atoms in total. The van der Waals surface area contributed by atoms with Gasteiger partial charge in [-0.05, 0) is 44.5 Å². The highest BCUT2D eigenvalue weighted by Crippen LogP contribution is 2.14. The average Bonchev–Trinajstić information content (AvgIpc) is 2.49. The Balaban J connectivity index is 2.52. The summed E-state index contributed by atoms with van der Waals surface area (Å²) in [7, 11) is 0. The number of nitrogen functional groups attached to an aromatic ring is 1. The lowest BCUT2D eigenvalue weighted by molar-refractivity contribution is 0.0963. The number of ketones is 1. The number of Topliss-reactive ketones (excluding diaryl/α,β-unsaturated/α-hetero) is 1. The molecule has 0 aliphatic heterocycles. The summed E-state index contributed by atoms with van der Waals surface area (Å²) in [6.45, 7) is 9.42. The predicted octanol–water partition coefficient (Wildman–Crippen LogP) is 4.05. The molecule has 0 bridgehead atoms. The molecule has 118 valence electrons. The minimum absolute atomic E-state index is 0.194. The highest BCUT2D eigenvalue weighted by molar-refractivity contribution is 5.97. The molecule has 0 aliphatic rings. The van der Waals surface area contributed by atoms with Gasteiger partial charge in [0, 0.05) is 24.2 Å². The molecule has 0 spiro atoms. The van der Waals surface area contributed by atoms with Crippen LogP contribution in [0.5, 0.6) is 0 Å². The smallest absolute Gasteiger partial charge is 0.164 e. The van der Waals surface area contributed by atoms with Crippen LogP contribution in [0.3, 0.4) is 0 Å². The molecule has 1 aromatic rings. The summed E-state index contributed by atoms with van der Waals surface area (Å²) < 4.78 is 0. The van der Waals surface area contributed by atoms with Crippen molar-refractivity contribution in [3.05, 3.63) is 29.3 Å². The van der Waals surface area contributed by atoms with Crippen LogP contribution in [0.4, 0.5) is 5.69 Å². The Bertz CT molecular complexity index is 435. The van der Waals surface area contributed by atoms with Crippen molar-refractivity contribution in [2.24, 2.45) is 0 Å². The second-order valence-corrected chi connectivity index (χ2v) is 5.79. The van der Waals surface area contributed by atoms with Crippen molar-refractivity contribution < 1.29 is 4.79 Å². The van der Waals surface area contributed by atoms with E-state index in [9.17, 15) is 4.79 Å². The SMILES string of the molecule is CCCCN(CCCC)CCC(=O)c1ccc(C)c(N)c1. The van der Waals surface area contributed by atoms with Gasteiger partial charge in [-0.3, -0.25) is 4.79 Å². The van der Waals surface area contributed by atoms with Crippen LogP contribution < -0.4 is 5.73 Å². The van der Waals surface area contributed by atoms with Gasteiger partial charge in [0.15, 0.2) is 5.78 Å². The van der Waals surface area contributed by atoms with E-state index in [0.29, 0.717) is 12.1 Å². The molecule has 0 radical (unpaired) electrons. The maximum Gasteiger partial charge on any atom is 0.164 e. The van der Waals surface area contributed by atoms with E-state index < -0.39 is 0 Å². The second kappa shape index (κ2) is 9.56. The summed E-state index contributed by atoms with van der Waals surface area (Å²) in [6, 6.07) is 5.62. The van der Waals surface area contributed by atoms with Crippen molar-refractivity contribution in [2.45, 2.75) is 52.9 Å². The van der Waals surface area contributed by atoms with Gasteiger partial charge in [-0.25, -0.2) is 0 Å². The van der Waals surface area contributed by atoms with Gasteiger partial charge < -0.3 is 10.6 Å². The third kappa shape index (κ3) is 6.30. The van der Waals surface area contributed by atoms with Gasteiger partial charge >= 0.3 is 0 Å². The summed E-state index contributed by atoms with van der Waals surface area (Å²) in [5.41, 5.74) is 8.35. The van der Waals surface area contributed by atoms with E-state index in [2.05, 4.69) is 18.7 Å². The molecule has 2 N–H and O–H groups in total. The molecule has 21 heavy (non-hydrogen) atoms. The van der Waals surface area contributed by atoms with Crippen LogP contribution in [0.25, 0.3) is 0 Å². The molecule has 0 heterocycles. The minimum Gasteiger partial charge on any atom is -0.398 e. The summed E-state index contributed by atoms with van der Waals surface area (Å²) in [6.07, 6.45) is 5.39. The van der Waals surface area contributed by atoms with E-state index >= 15 is 0 Å². The standard InChI is InChI=1S/C18H30N2O/c1-4-6-11-20(12-7-5-2)13-10-18(21)16-9-8-15(3)17(19)14-16/h8-9,14H,4-7,10-13,19H2,1-3H3. The number of anilines is 1. The number of benzene rings is 1. The average molecular weight is 290 g/mol. The number of nitrogens with two attached hydrogens (primary N) is 1. The number of carbonyl (C=O) groups is 1. The molecular weight excluding hydrogens is 260 g/mol. The molecule has 0 aliphatic carbocycles. The van der Waals surface area contributed by atoms with E-state index in [1.807, 2.05) is 19.1 Å². The molecule has 0 atom stereocenters. The number of unbranched alkanes of at least 4 members (excludes halogenated alkanes) is 2. The van der Waals surface area contributed by atoms with Crippen molar-refractivity contribution in [2.75, 3.05) is 25.4 Å². The number of hydrogen-bond donors (Lipinski definition) is 1. The zero-order chi connectivity index (χ0) is 15.7. The number of carbonyl (C=O) groups excluding carboxylic acids is 1. The largest absolute Gasteiger partial charge is 0.398 e.